The van der Waals surface area contributed by atoms with Crippen molar-refractivity contribution in [3.63, 3.8) is 0 Å². The van der Waals surface area contributed by atoms with Crippen LogP contribution in [0.2, 0.25) is 0 Å². The number of thioether (sulfide) groups is 1. The Kier molecular flexibility index (Phi) is 9.28. The SMILES string of the molecule is CC(C)[C@@H](O)CCNC(=O)CSCC(=O)Nc1cccc(Br)c1. The van der Waals surface area contributed by atoms with Gasteiger partial charge in [0.1, 0.15) is 0 Å². The van der Waals surface area contributed by atoms with Crippen molar-refractivity contribution in [2.75, 3.05) is 23.4 Å². The van der Waals surface area contributed by atoms with Gasteiger partial charge in [-0.15, -0.1) is 11.8 Å². The van der Waals surface area contributed by atoms with E-state index in [1.54, 1.807) is 6.07 Å². The lowest BCUT2D eigenvalue weighted by Gasteiger charge is -2.14. The van der Waals surface area contributed by atoms with Crippen molar-refractivity contribution < 1.29 is 14.7 Å². The lowest BCUT2D eigenvalue weighted by atomic mass is 10.0. The maximum absolute atomic E-state index is 11.8. The molecule has 7 heteroatoms. The van der Waals surface area contributed by atoms with Crippen LogP contribution in [0.25, 0.3) is 0 Å². The van der Waals surface area contributed by atoms with Crippen LogP contribution >= 0.6 is 27.7 Å². The molecule has 1 atom stereocenters. The molecule has 0 radical (unpaired) electrons. The van der Waals surface area contributed by atoms with E-state index in [0.29, 0.717) is 13.0 Å². The maximum atomic E-state index is 11.8. The predicted molar refractivity (Wildman–Crippen MR) is 98.6 cm³/mol. The van der Waals surface area contributed by atoms with Crippen molar-refractivity contribution >= 4 is 45.2 Å². The Morgan fingerprint density at radius 1 is 1.26 bits per heavy atom. The highest BCUT2D eigenvalue weighted by molar-refractivity contribution is 9.10. The fourth-order valence-electron chi connectivity index (χ4n) is 1.74. The molecule has 0 aromatic heterocycles. The molecule has 3 N–H and O–H groups in total. The average Bonchev–Trinajstić information content (AvgIpc) is 2.46. The number of aliphatic hydroxyl groups excluding tert-OH is 1. The molecule has 128 valence electrons. The van der Waals surface area contributed by atoms with Crippen LogP contribution in [0.5, 0.6) is 0 Å². The molecule has 0 bridgehead atoms. The van der Waals surface area contributed by atoms with Gasteiger partial charge in [-0.2, -0.15) is 0 Å². The Labute approximate surface area is 149 Å². The van der Waals surface area contributed by atoms with Crippen LogP contribution in [0.3, 0.4) is 0 Å². The molecule has 0 unspecified atom stereocenters. The Hall–Kier alpha value is -1.05. The molecule has 1 aromatic rings. The highest BCUT2D eigenvalue weighted by Crippen LogP contribution is 2.15. The Morgan fingerprint density at radius 2 is 1.96 bits per heavy atom. The van der Waals surface area contributed by atoms with Gasteiger partial charge in [0, 0.05) is 16.7 Å². The molecular weight excluding hydrogens is 380 g/mol. The number of anilines is 1. The summed E-state index contributed by atoms with van der Waals surface area (Å²) >= 11 is 4.60. The number of benzene rings is 1. The van der Waals surface area contributed by atoms with Crippen molar-refractivity contribution in [2.24, 2.45) is 5.92 Å². The standard InChI is InChI=1S/C16H23BrN2O3S/c1-11(2)14(20)6-7-18-15(21)9-23-10-16(22)19-13-5-3-4-12(17)8-13/h3-5,8,11,14,20H,6-7,9-10H2,1-2H3,(H,18,21)(H,19,22)/t14-/m0/s1. The van der Waals surface area contributed by atoms with Gasteiger partial charge in [-0.25, -0.2) is 0 Å². The number of aliphatic hydroxyl groups is 1. The van der Waals surface area contributed by atoms with Crippen LogP contribution in [0.15, 0.2) is 28.7 Å². The first-order valence-electron chi connectivity index (χ1n) is 7.46. The largest absolute Gasteiger partial charge is 0.393 e. The van der Waals surface area contributed by atoms with E-state index in [-0.39, 0.29) is 29.2 Å². The number of nitrogens with one attached hydrogen (secondary N) is 2. The van der Waals surface area contributed by atoms with Crippen molar-refractivity contribution in [1.29, 1.82) is 0 Å². The van der Waals surface area contributed by atoms with Crippen LogP contribution < -0.4 is 10.6 Å². The summed E-state index contributed by atoms with van der Waals surface area (Å²) in [6.45, 7) is 4.32. The highest BCUT2D eigenvalue weighted by Gasteiger charge is 2.10. The number of rotatable bonds is 9. The third-order valence-corrected chi connectivity index (χ3v) is 4.53. The summed E-state index contributed by atoms with van der Waals surface area (Å²) in [7, 11) is 0. The summed E-state index contributed by atoms with van der Waals surface area (Å²) in [5.74, 6) is 0.360. The molecule has 0 fully saturated rings. The molecule has 1 aromatic carbocycles. The fraction of sp³-hybridized carbons (Fsp3) is 0.500. The van der Waals surface area contributed by atoms with Crippen LogP contribution in [0, 0.1) is 5.92 Å². The lowest BCUT2D eigenvalue weighted by Crippen LogP contribution is -2.30. The molecular formula is C16H23BrN2O3S. The van der Waals surface area contributed by atoms with E-state index < -0.39 is 6.10 Å². The second-order valence-corrected chi connectivity index (χ2v) is 7.40. The van der Waals surface area contributed by atoms with Crippen molar-refractivity contribution in [3.8, 4) is 0 Å². The van der Waals surface area contributed by atoms with E-state index in [4.69, 9.17) is 0 Å². The number of hydrogen-bond donors (Lipinski definition) is 3. The summed E-state index contributed by atoms with van der Waals surface area (Å²) in [5.41, 5.74) is 0.720. The summed E-state index contributed by atoms with van der Waals surface area (Å²) in [4.78, 5) is 23.4. The monoisotopic (exact) mass is 402 g/mol. The van der Waals surface area contributed by atoms with Gasteiger partial charge in [-0.05, 0) is 30.5 Å². The topological polar surface area (TPSA) is 78.4 Å². The number of carbonyl (C=O) groups is 2. The van der Waals surface area contributed by atoms with Crippen molar-refractivity contribution in [3.05, 3.63) is 28.7 Å². The molecule has 5 nitrogen and oxygen atoms in total. The molecule has 0 aliphatic carbocycles. The van der Waals surface area contributed by atoms with Crippen LogP contribution in [0.1, 0.15) is 20.3 Å². The molecule has 0 saturated heterocycles. The fourth-order valence-corrected chi connectivity index (χ4v) is 2.79. The van der Waals surface area contributed by atoms with E-state index in [1.165, 1.54) is 11.8 Å². The molecule has 0 aliphatic rings. The number of hydrogen-bond acceptors (Lipinski definition) is 4. The van der Waals surface area contributed by atoms with Gasteiger partial charge in [0.15, 0.2) is 0 Å². The second kappa shape index (κ2) is 10.7. The molecule has 23 heavy (non-hydrogen) atoms. The molecule has 2 amide bonds. The van der Waals surface area contributed by atoms with E-state index >= 15 is 0 Å². The molecule has 0 aliphatic heterocycles. The Balaban J connectivity index is 2.15. The minimum Gasteiger partial charge on any atom is -0.393 e. The predicted octanol–water partition coefficient (Wildman–Crippen LogP) is 2.64. The van der Waals surface area contributed by atoms with Crippen molar-refractivity contribution in [2.45, 2.75) is 26.4 Å². The number of amides is 2. The summed E-state index contributed by atoms with van der Waals surface area (Å²) < 4.78 is 0.894. The average molecular weight is 403 g/mol. The Bertz CT molecular complexity index is 526. The molecule has 0 saturated carbocycles. The van der Waals surface area contributed by atoms with Gasteiger partial charge in [0.25, 0.3) is 0 Å². The minimum atomic E-state index is -0.404. The number of carbonyl (C=O) groups excluding carboxylic acids is 2. The normalized spacial score (nSPS) is 12.0. The summed E-state index contributed by atoms with van der Waals surface area (Å²) in [6, 6.07) is 7.34. The smallest absolute Gasteiger partial charge is 0.234 e. The van der Waals surface area contributed by atoms with Gasteiger partial charge in [-0.3, -0.25) is 9.59 Å². The van der Waals surface area contributed by atoms with Gasteiger partial charge >= 0.3 is 0 Å². The summed E-state index contributed by atoms with van der Waals surface area (Å²) in [5, 5.41) is 15.1. The maximum Gasteiger partial charge on any atom is 0.234 e. The zero-order valence-electron chi connectivity index (χ0n) is 13.3. The van der Waals surface area contributed by atoms with E-state index in [9.17, 15) is 14.7 Å². The van der Waals surface area contributed by atoms with Gasteiger partial charge in [0.05, 0.1) is 17.6 Å². The van der Waals surface area contributed by atoms with Crippen molar-refractivity contribution in [1.82, 2.24) is 5.32 Å². The first-order valence-corrected chi connectivity index (χ1v) is 9.41. The zero-order valence-corrected chi connectivity index (χ0v) is 15.7. The van der Waals surface area contributed by atoms with E-state index in [2.05, 4.69) is 26.6 Å². The second-order valence-electron chi connectivity index (χ2n) is 5.50. The van der Waals surface area contributed by atoms with Gasteiger partial charge in [0.2, 0.25) is 11.8 Å². The summed E-state index contributed by atoms with van der Waals surface area (Å²) in [6.07, 6.45) is 0.135. The molecule has 0 heterocycles. The van der Waals surface area contributed by atoms with Gasteiger partial charge < -0.3 is 15.7 Å². The van der Waals surface area contributed by atoms with E-state index in [0.717, 1.165) is 10.2 Å². The first kappa shape index (κ1) is 20.0. The number of halogens is 1. The van der Waals surface area contributed by atoms with Crippen LogP contribution in [0.4, 0.5) is 5.69 Å². The zero-order chi connectivity index (χ0) is 17.2. The minimum absolute atomic E-state index is 0.124. The van der Waals surface area contributed by atoms with Gasteiger partial charge in [-0.1, -0.05) is 35.8 Å². The highest BCUT2D eigenvalue weighted by atomic mass is 79.9. The third-order valence-electron chi connectivity index (χ3n) is 3.11. The van der Waals surface area contributed by atoms with E-state index in [1.807, 2.05) is 32.0 Å². The first-order chi connectivity index (χ1) is 10.9. The quantitative estimate of drug-likeness (QED) is 0.593. The molecule has 0 spiro atoms. The Morgan fingerprint density at radius 3 is 2.61 bits per heavy atom. The van der Waals surface area contributed by atoms with Crippen LogP contribution in [-0.2, 0) is 9.59 Å². The van der Waals surface area contributed by atoms with Crippen LogP contribution in [-0.4, -0.2) is 41.1 Å². The third kappa shape index (κ3) is 8.98. The molecule has 1 rings (SSSR count). The lowest BCUT2D eigenvalue weighted by molar-refractivity contribution is -0.118.